The first-order valence-corrected chi connectivity index (χ1v) is 11.0. The molecule has 2 N–H and O–H groups in total. The second-order valence-corrected chi connectivity index (χ2v) is 8.80. The van der Waals surface area contributed by atoms with E-state index < -0.39 is 29.8 Å². The molecule has 0 fully saturated rings. The Hall–Kier alpha value is -3.72. The Kier molecular flexibility index (Phi) is 8.37. The minimum atomic E-state index is -0.953. The summed E-state index contributed by atoms with van der Waals surface area (Å²) in [5.74, 6) is -0.584. The van der Waals surface area contributed by atoms with Crippen molar-refractivity contribution in [2.75, 3.05) is 0 Å². The van der Waals surface area contributed by atoms with Crippen LogP contribution >= 0.6 is 0 Å². The summed E-state index contributed by atoms with van der Waals surface area (Å²) < 4.78 is 12.2. The standard InChI is InChI=1S/C25H30N4O5/c1-25(2,3)34-24(32)26-20(23(31)33-17-18-10-6-4-7-11-18)14-15-29-16-21(27-28-29)22(30)19-12-8-5-9-13-19/h4-13,16,20,22,30H,14-15,17H2,1-3H3,(H,26,32)/t20-,22?/m0/s1. The highest BCUT2D eigenvalue weighted by Gasteiger charge is 2.26. The molecule has 1 amide bonds. The summed E-state index contributed by atoms with van der Waals surface area (Å²) in [4.78, 5) is 25.1. The maximum absolute atomic E-state index is 12.8. The molecule has 0 saturated heterocycles. The van der Waals surface area contributed by atoms with Crippen LogP contribution in [0.2, 0.25) is 0 Å². The van der Waals surface area contributed by atoms with E-state index in [0.29, 0.717) is 11.3 Å². The third-order valence-electron chi connectivity index (χ3n) is 4.80. The van der Waals surface area contributed by atoms with Gasteiger partial charge in [-0.2, -0.15) is 0 Å². The molecule has 9 nitrogen and oxygen atoms in total. The lowest BCUT2D eigenvalue weighted by Crippen LogP contribution is -2.44. The molecule has 9 heteroatoms. The fraction of sp³-hybridized carbons (Fsp3) is 0.360. The number of ether oxygens (including phenoxy) is 2. The molecule has 0 saturated carbocycles. The number of amides is 1. The zero-order valence-electron chi connectivity index (χ0n) is 19.5. The minimum absolute atomic E-state index is 0.0862. The average molecular weight is 467 g/mol. The largest absolute Gasteiger partial charge is 0.459 e. The number of aliphatic hydroxyl groups is 1. The molecular weight excluding hydrogens is 436 g/mol. The van der Waals surface area contributed by atoms with Gasteiger partial charge in [0.15, 0.2) is 0 Å². The highest BCUT2D eigenvalue weighted by molar-refractivity contribution is 5.81. The van der Waals surface area contributed by atoms with Crippen LogP contribution in [0.1, 0.15) is 50.1 Å². The van der Waals surface area contributed by atoms with E-state index in [1.54, 1.807) is 39.1 Å². The monoisotopic (exact) mass is 466 g/mol. The van der Waals surface area contributed by atoms with Gasteiger partial charge in [0.25, 0.3) is 0 Å². The second kappa shape index (κ2) is 11.4. The molecule has 0 aliphatic rings. The number of nitrogens with one attached hydrogen (secondary N) is 1. The number of aliphatic hydroxyl groups excluding tert-OH is 1. The first-order chi connectivity index (χ1) is 16.2. The van der Waals surface area contributed by atoms with Gasteiger partial charge in [-0.3, -0.25) is 4.68 Å². The van der Waals surface area contributed by atoms with Gasteiger partial charge in [0.1, 0.15) is 30.0 Å². The fourth-order valence-corrected chi connectivity index (χ4v) is 3.14. The van der Waals surface area contributed by atoms with Crippen molar-refractivity contribution < 1.29 is 24.2 Å². The molecule has 0 aliphatic heterocycles. The molecule has 180 valence electrons. The number of carbonyl (C=O) groups excluding carboxylic acids is 2. The molecule has 3 aromatic rings. The fourth-order valence-electron chi connectivity index (χ4n) is 3.14. The summed E-state index contributed by atoms with van der Waals surface area (Å²) in [5.41, 5.74) is 1.21. The van der Waals surface area contributed by atoms with Crippen LogP contribution in [0.5, 0.6) is 0 Å². The number of benzene rings is 2. The van der Waals surface area contributed by atoms with E-state index in [0.717, 1.165) is 5.56 Å². The third-order valence-corrected chi connectivity index (χ3v) is 4.80. The maximum atomic E-state index is 12.8. The quantitative estimate of drug-likeness (QED) is 0.465. The van der Waals surface area contributed by atoms with Crippen LogP contribution in [0.3, 0.4) is 0 Å². The summed E-state index contributed by atoms with van der Waals surface area (Å²) in [5, 5.41) is 21.2. The summed E-state index contributed by atoms with van der Waals surface area (Å²) in [6.07, 6.45) is 0.170. The van der Waals surface area contributed by atoms with Crippen molar-refractivity contribution in [1.82, 2.24) is 20.3 Å². The number of alkyl carbamates (subject to hydrolysis) is 1. The molecule has 0 radical (unpaired) electrons. The zero-order chi connectivity index (χ0) is 24.6. The van der Waals surface area contributed by atoms with Gasteiger partial charge in [-0.05, 0) is 38.3 Å². The number of hydrogen-bond acceptors (Lipinski definition) is 7. The van der Waals surface area contributed by atoms with Crippen LogP contribution < -0.4 is 5.32 Å². The lowest BCUT2D eigenvalue weighted by molar-refractivity contribution is -0.147. The Bertz CT molecular complexity index is 1060. The Morgan fingerprint density at radius 3 is 2.35 bits per heavy atom. The van der Waals surface area contributed by atoms with Gasteiger partial charge in [0, 0.05) is 6.54 Å². The zero-order valence-corrected chi connectivity index (χ0v) is 19.5. The van der Waals surface area contributed by atoms with Crippen LogP contribution in [0.25, 0.3) is 0 Å². The van der Waals surface area contributed by atoms with Gasteiger partial charge in [-0.15, -0.1) is 5.10 Å². The number of hydrogen-bond donors (Lipinski definition) is 2. The summed E-state index contributed by atoms with van der Waals surface area (Å²) >= 11 is 0. The number of esters is 1. The Balaban J connectivity index is 1.64. The first-order valence-electron chi connectivity index (χ1n) is 11.0. The average Bonchev–Trinajstić information content (AvgIpc) is 3.29. The normalized spacial score (nSPS) is 13.1. The van der Waals surface area contributed by atoms with Crippen molar-refractivity contribution in [3.05, 3.63) is 83.7 Å². The molecule has 1 unspecified atom stereocenters. The van der Waals surface area contributed by atoms with Gasteiger partial charge in [-0.1, -0.05) is 65.9 Å². The van der Waals surface area contributed by atoms with Crippen LogP contribution in [0.15, 0.2) is 66.9 Å². The lowest BCUT2D eigenvalue weighted by atomic mass is 10.1. The van der Waals surface area contributed by atoms with Crippen LogP contribution in [0, 0.1) is 0 Å². The van der Waals surface area contributed by atoms with Crippen molar-refractivity contribution in [2.24, 2.45) is 0 Å². The van der Waals surface area contributed by atoms with Crippen molar-refractivity contribution in [1.29, 1.82) is 0 Å². The second-order valence-electron chi connectivity index (χ2n) is 8.80. The predicted octanol–water partition coefficient (Wildman–Crippen LogP) is 3.39. The molecule has 34 heavy (non-hydrogen) atoms. The molecule has 0 bridgehead atoms. The Morgan fingerprint density at radius 1 is 1.06 bits per heavy atom. The van der Waals surface area contributed by atoms with Gasteiger partial charge in [0.05, 0.1) is 6.20 Å². The van der Waals surface area contributed by atoms with Crippen molar-refractivity contribution in [3.63, 3.8) is 0 Å². The molecule has 2 atom stereocenters. The topological polar surface area (TPSA) is 116 Å². The molecule has 2 aromatic carbocycles. The number of carbonyl (C=O) groups is 2. The first kappa shape index (κ1) is 24.9. The minimum Gasteiger partial charge on any atom is -0.459 e. The van der Waals surface area contributed by atoms with E-state index in [-0.39, 0.29) is 19.6 Å². The number of aromatic nitrogens is 3. The molecule has 0 aliphatic carbocycles. The lowest BCUT2D eigenvalue weighted by Gasteiger charge is -2.23. The smallest absolute Gasteiger partial charge is 0.408 e. The van der Waals surface area contributed by atoms with Gasteiger partial charge in [0.2, 0.25) is 0 Å². The van der Waals surface area contributed by atoms with Crippen LogP contribution in [-0.2, 0) is 27.4 Å². The van der Waals surface area contributed by atoms with E-state index in [1.165, 1.54) is 4.68 Å². The number of rotatable bonds is 9. The van der Waals surface area contributed by atoms with E-state index in [4.69, 9.17) is 9.47 Å². The maximum Gasteiger partial charge on any atom is 0.408 e. The van der Waals surface area contributed by atoms with E-state index >= 15 is 0 Å². The van der Waals surface area contributed by atoms with E-state index in [9.17, 15) is 14.7 Å². The molecule has 1 aromatic heterocycles. The third kappa shape index (κ3) is 7.70. The number of nitrogens with zero attached hydrogens (tertiary/aromatic N) is 3. The molecule has 0 spiro atoms. The van der Waals surface area contributed by atoms with Gasteiger partial charge < -0.3 is 19.9 Å². The van der Waals surface area contributed by atoms with Crippen molar-refractivity contribution >= 4 is 12.1 Å². The highest BCUT2D eigenvalue weighted by Crippen LogP contribution is 2.19. The van der Waals surface area contributed by atoms with Crippen LogP contribution in [0.4, 0.5) is 4.79 Å². The van der Waals surface area contributed by atoms with E-state index in [2.05, 4.69) is 15.6 Å². The van der Waals surface area contributed by atoms with Crippen molar-refractivity contribution in [3.8, 4) is 0 Å². The highest BCUT2D eigenvalue weighted by atomic mass is 16.6. The SMILES string of the molecule is CC(C)(C)OC(=O)N[C@@H](CCn1cc(C(O)c2ccccc2)nn1)C(=O)OCc1ccccc1. The Morgan fingerprint density at radius 2 is 1.71 bits per heavy atom. The molecular formula is C25H30N4O5. The number of aryl methyl sites for hydroxylation is 1. The van der Waals surface area contributed by atoms with E-state index in [1.807, 2.05) is 48.5 Å². The summed E-state index contributed by atoms with van der Waals surface area (Å²) in [6.45, 7) is 5.57. The molecule has 3 rings (SSSR count). The van der Waals surface area contributed by atoms with Crippen molar-refractivity contribution in [2.45, 2.75) is 58.1 Å². The summed E-state index contributed by atoms with van der Waals surface area (Å²) in [7, 11) is 0. The van der Waals surface area contributed by atoms with Gasteiger partial charge >= 0.3 is 12.1 Å². The van der Waals surface area contributed by atoms with Gasteiger partial charge in [-0.25, -0.2) is 9.59 Å². The molecule has 1 heterocycles. The van der Waals surface area contributed by atoms with Crippen LogP contribution in [-0.4, -0.2) is 43.8 Å². The summed E-state index contributed by atoms with van der Waals surface area (Å²) in [6, 6.07) is 17.4. The predicted molar refractivity (Wildman–Crippen MR) is 125 cm³/mol. The Labute approximate surface area is 198 Å².